The van der Waals surface area contributed by atoms with Crippen LogP contribution in [0.25, 0.3) is 11.3 Å². The summed E-state index contributed by atoms with van der Waals surface area (Å²) in [5, 5.41) is 6.96. The largest absolute Gasteiger partial charge is 0.362 e. The number of pyridine rings is 1. The Morgan fingerprint density at radius 3 is 2.45 bits per heavy atom. The van der Waals surface area contributed by atoms with Crippen molar-refractivity contribution in [2.24, 2.45) is 0 Å². The van der Waals surface area contributed by atoms with E-state index >= 15 is 0 Å². The number of thiazole rings is 1. The van der Waals surface area contributed by atoms with Crippen LogP contribution in [0, 0.1) is 5.82 Å². The molecule has 1 aliphatic rings. The number of carbonyl (C=O) groups is 2. The Kier molecular flexibility index (Phi) is 6.69. The highest BCUT2D eigenvalue weighted by Crippen LogP contribution is 2.40. The zero-order chi connectivity index (χ0) is 23.4. The van der Waals surface area contributed by atoms with Gasteiger partial charge in [0.2, 0.25) is 0 Å². The molecule has 2 aromatic heterocycles. The predicted molar refractivity (Wildman–Crippen MR) is 128 cm³/mol. The third-order valence-corrected chi connectivity index (χ3v) is 6.51. The molecule has 3 aromatic rings. The SMILES string of the molecule is CC(C)(NC(=O)c1ccccn1)C(=O)Nc1nc(-c2ccc(F)cc2)c(N2CCCCC2)s1. The van der Waals surface area contributed by atoms with Crippen LogP contribution in [0.4, 0.5) is 14.5 Å². The van der Waals surface area contributed by atoms with Crippen molar-refractivity contribution in [3.63, 3.8) is 0 Å². The summed E-state index contributed by atoms with van der Waals surface area (Å²) in [5.41, 5.74) is 0.546. The maximum Gasteiger partial charge on any atom is 0.270 e. The number of aromatic nitrogens is 2. The number of nitrogens with one attached hydrogen (secondary N) is 2. The number of hydrogen-bond donors (Lipinski definition) is 2. The minimum Gasteiger partial charge on any atom is -0.362 e. The Labute approximate surface area is 196 Å². The van der Waals surface area contributed by atoms with Crippen molar-refractivity contribution in [1.29, 1.82) is 0 Å². The van der Waals surface area contributed by atoms with Crippen LogP contribution in [0.15, 0.2) is 48.7 Å². The lowest BCUT2D eigenvalue weighted by Crippen LogP contribution is -2.52. The lowest BCUT2D eigenvalue weighted by molar-refractivity contribution is -0.120. The van der Waals surface area contributed by atoms with Crippen molar-refractivity contribution in [3.8, 4) is 11.3 Å². The second-order valence-corrected chi connectivity index (χ2v) is 9.45. The second-order valence-electron chi connectivity index (χ2n) is 8.48. The molecule has 4 rings (SSSR count). The van der Waals surface area contributed by atoms with Crippen LogP contribution in [-0.2, 0) is 4.79 Å². The van der Waals surface area contributed by atoms with Gasteiger partial charge in [-0.1, -0.05) is 17.4 Å². The van der Waals surface area contributed by atoms with Crippen LogP contribution in [0.2, 0.25) is 0 Å². The molecule has 0 unspecified atom stereocenters. The van der Waals surface area contributed by atoms with Crippen LogP contribution in [0.5, 0.6) is 0 Å². The zero-order valence-electron chi connectivity index (χ0n) is 18.6. The molecule has 9 heteroatoms. The van der Waals surface area contributed by atoms with E-state index in [0.29, 0.717) is 10.8 Å². The highest BCUT2D eigenvalue weighted by atomic mass is 32.1. The standard InChI is InChI=1S/C24H26FN5O2S/c1-24(2,29-20(31)18-8-4-5-13-26-18)22(32)28-23-27-19(16-9-11-17(25)12-10-16)21(33-23)30-14-6-3-7-15-30/h4-5,8-13H,3,6-7,14-15H2,1-2H3,(H,29,31)(H,27,28,32). The van der Waals surface area contributed by atoms with Crippen molar-refractivity contribution in [2.45, 2.75) is 38.6 Å². The molecule has 1 aromatic carbocycles. The van der Waals surface area contributed by atoms with Crippen LogP contribution in [0.3, 0.4) is 0 Å². The van der Waals surface area contributed by atoms with Gasteiger partial charge < -0.3 is 10.2 Å². The molecule has 1 fully saturated rings. The van der Waals surface area contributed by atoms with E-state index in [1.807, 2.05) is 0 Å². The Morgan fingerprint density at radius 2 is 1.79 bits per heavy atom. The van der Waals surface area contributed by atoms with Gasteiger partial charge in [0.05, 0.1) is 0 Å². The van der Waals surface area contributed by atoms with E-state index in [9.17, 15) is 14.0 Å². The molecule has 1 aliphatic heterocycles. The number of benzene rings is 1. The zero-order valence-corrected chi connectivity index (χ0v) is 19.4. The fourth-order valence-corrected chi connectivity index (χ4v) is 4.66. The van der Waals surface area contributed by atoms with Crippen LogP contribution in [0.1, 0.15) is 43.6 Å². The molecular formula is C24H26FN5O2S. The number of anilines is 2. The maximum atomic E-state index is 13.5. The second kappa shape index (κ2) is 9.66. The molecule has 33 heavy (non-hydrogen) atoms. The van der Waals surface area contributed by atoms with Gasteiger partial charge in [0, 0.05) is 24.8 Å². The number of nitrogens with zero attached hydrogens (tertiary/aromatic N) is 3. The summed E-state index contributed by atoms with van der Waals surface area (Å²) in [4.78, 5) is 36.5. The Morgan fingerprint density at radius 1 is 1.06 bits per heavy atom. The number of hydrogen-bond acceptors (Lipinski definition) is 6. The molecule has 0 aliphatic carbocycles. The molecule has 0 radical (unpaired) electrons. The molecule has 2 amide bonds. The van der Waals surface area contributed by atoms with Crippen molar-refractivity contribution in [1.82, 2.24) is 15.3 Å². The molecule has 0 bridgehead atoms. The molecule has 1 saturated heterocycles. The van der Waals surface area contributed by atoms with Crippen LogP contribution >= 0.6 is 11.3 Å². The van der Waals surface area contributed by atoms with Gasteiger partial charge in [-0.15, -0.1) is 0 Å². The van der Waals surface area contributed by atoms with Gasteiger partial charge in [0.1, 0.15) is 27.7 Å². The Balaban J connectivity index is 1.56. The maximum absolute atomic E-state index is 13.5. The summed E-state index contributed by atoms with van der Waals surface area (Å²) in [6, 6.07) is 11.2. The van der Waals surface area contributed by atoms with Crippen molar-refractivity contribution in [3.05, 3.63) is 60.2 Å². The first-order valence-corrected chi connectivity index (χ1v) is 11.7. The summed E-state index contributed by atoms with van der Waals surface area (Å²) in [6.45, 7) is 5.08. The molecule has 0 saturated carbocycles. The van der Waals surface area contributed by atoms with E-state index in [0.717, 1.165) is 36.5 Å². The summed E-state index contributed by atoms with van der Waals surface area (Å²) >= 11 is 1.39. The number of carbonyl (C=O) groups excluding carboxylic acids is 2. The minimum absolute atomic E-state index is 0.235. The van der Waals surface area contributed by atoms with Gasteiger partial charge >= 0.3 is 0 Å². The fourth-order valence-electron chi connectivity index (χ4n) is 3.63. The van der Waals surface area contributed by atoms with Gasteiger partial charge in [-0.2, -0.15) is 0 Å². The first-order valence-electron chi connectivity index (χ1n) is 10.9. The van der Waals surface area contributed by atoms with Crippen LogP contribution in [-0.4, -0.2) is 40.4 Å². The number of halogens is 1. The summed E-state index contributed by atoms with van der Waals surface area (Å²) < 4.78 is 13.5. The summed E-state index contributed by atoms with van der Waals surface area (Å²) in [6.07, 6.45) is 4.90. The number of amides is 2. The Hall–Kier alpha value is -3.33. The van der Waals surface area contributed by atoms with Crippen molar-refractivity contribution >= 4 is 33.3 Å². The lowest BCUT2D eigenvalue weighted by Gasteiger charge is -2.28. The van der Waals surface area contributed by atoms with E-state index in [1.165, 1.54) is 36.1 Å². The molecule has 7 nitrogen and oxygen atoms in total. The quantitative estimate of drug-likeness (QED) is 0.558. The van der Waals surface area contributed by atoms with Gasteiger partial charge in [0.15, 0.2) is 5.13 Å². The van der Waals surface area contributed by atoms with E-state index in [1.54, 1.807) is 44.2 Å². The molecule has 2 N–H and O–H groups in total. The molecular weight excluding hydrogens is 441 g/mol. The molecule has 3 heterocycles. The topological polar surface area (TPSA) is 87.2 Å². The van der Waals surface area contributed by atoms with Gasteiger partial charge in [0.25, 0.3) is 11.8 Å². The lowest BCUT2D eigenvalue weighted by atomic mass is 10.0. The van der Waals surface area contributed by atoms with Crippen molar-refractivity contribution in [2.75, 3.05) is 23.3 Å². The van der Waals surface area contributed by atoms with Gasteiger partial charge in [-0.25, -0.2) is 9.37 Å². The smallest absolute Gasteiger partial charge is 0.270 e. The average Bonchev–Trinajstić information content (AvgIpc) is 3.24. The number of rotatable bonds is 6. The highest BCUT2D eigenvalue weighted by molar-refractivity contribution is 7.20. The third kappa shape index (κ3) is 5.36. The monoisotopic (exact) mass is 467 g/mol. The Bertz CT molecular complexity index is 1130. The molecule has 172 valence electrons. The number of piperidine rings is 1. The van der Waals surface area contributed by atoms with E-state index in [2.05, 4.69) is 25.5 Å². The van der Waals surface area contributed by atoms with Crippen LogP contribution < -0.4 is 15.5 Å². The van der Waals surface area contributed by atoms with E-state index in [4.69, 9.17) is 0 Å². The highest BCUT2D eigenvalue weighted by Gasteiger charge is 2.31. The molecule has 0 atom stereocenters. The normalized spacial score (nSPS) is 14.1. The minimum atomic E-state index is -1.19. The predicted octanol–water partition coefficient (Wildman–Crippen LogP) is 4.48. The summed E-state index contributed by atoms with van der Waals surface area (Å²) in [7, 11) is 0. The first kappa shape index (κ1) is 22.8. The van der Waals surface area contributed by atoms with Crippen molar-refractivity contribution < 1.29 is 14.0 Å². The van der Waals surface area contributed by atoms with E-state index in [-0.39, 0.29) is 11.5 Å². The fraction of sp³-hybridized carbons (Fsp3) is 0.333. The molecule has 0 spiro atoms. The average molecular weight is 468 g/mol. The van der Waals surface area contributed by atoms with Gasteiger partial charge in [-0.05, 0) is 69.5 Å². The van der Waals surface area contributed by atoms with Gasteiger partial charge in [-0.3, -0.25) is 19.9 Å². The third-order valence-electron chi connectivity index (χ3n) is 5.48. The first-order chi connectivity index (χ1) is 15.8. The summed E-state index contributed by atoms with van der Waals surface area (Å²) in [5.74, 6) is -1.14. The van der Waals surface area contributed by atoms with E-state index < -0.39 is 17.4 Å².